The molecule has 0 heterocycles. The number of halogens is 1. The highest BCUT2D eigenvalue weighted by molar-refractivity contribution is 5.32. The molecule has 0 bridgehead atoms. The Morgan fingerprint density at radius 1 is 1.39 bits per heavy atom. The summed E-state index contributed by atoms with van der Waals surface area (Å²) in [5.41, 5.74) is 0.947. The van der Waals surface area contributed by atoms with Crippen LogP contribution in [0.3, 0.4) is 0 Å². The van der Waals surface area contributed by atoms with E-state index in [1.54, 1.807) is 13.2 Å². The van der Waals surface area contributed by atoms with E-state index in [9.17, 15) is 4.39 Å². The summed E-state index contributed by atoms with van der Waals surface area (Å²) in [5.74, 6) is 0.344. The molecule has 1 atom stereocenters. The van der Waals surface area contributed by atoms with Gasteiger partial charge in [0.1, 0.15) is 17.7 Å². The molecule has 4 heteroatoms. The van der Waals surface area contributed by atoms with Crippen LogP contribution >= 0.6 is 0 Å². The summed E-state index contributed by atoms with van der Waals surface area (Å²) in [6, 6.07) is 4.59. The molecular formula is C14H22FNO2. The van der Waals surface area contributed by atoms with Crippen molar-refractivity contribution in [3.05, 3.63) is 29.6 Å². The van der Waals surface area contributed by atoms with Crippen molar-refractivity contribution in [2.45, 2.75) is 26.4 Å². The predicted octanol–water partition coefficient (Wildman–Crippen LogP) is 2.53. The Bertz CT molecular complexity index is 358. The molecule has 0 aliphatic heterocycles. The van der Waals surface area contributed by atoms with Crippen LogP contribution in [0.2, 0.25) is 0 Å². The van der Waals surface area contributed by atoms with Gasteiger partial charge in [0.25, 0.3) is 0 Å². The zero-order valence-electron chi connectivity index (χ0n) is 11.3. The summed E-state index contributed by atoms with van der Waals surface area (Å²) in [7, 11) is 1.69. The molecule has 1 aromatic rings. The third-order valence-corrected chi connectivity index (χ3v) is 2.61. The van der Waals surface area contributed by atoms with Gasteiger partial charge in [-0.1, -0.05) is 6.07 Å². The number of aryl methyl sites for hydroxylation is 1. The Hall–Kier alpha value is -1.13. The summed E-state index contributed by atoms with van der Waals surface area (Å²) >= 11 is 0. The van der Waals surface area contributed by atoms with Crippen LogP contribution in [-0.4, -0.2) is 32.9 Å². The molecule has 18 heavy (non-hydrogen) atoms. The molecule has 1 aromatic carbocycles. The lowest BCUT2D eigenvalue weighted by atomic mass is 10.2. The van der Waals surface area contributed by atoms with E-state index >= 15 is 0 Å². The van der Waals surface area contributed by atoms with Crippen molar-refractivity contribution < 1.29 is 13.9 Å². The maximum Gasteiger partial charge on any atom is 0.126 e. The van der Waals surface area contributed by atoms with E-state index in [0.29, 0.717) is 5.75 Å². The van der Waals surface area contributed by atoms with E-state index < -0.39 is 0 Å². The predicted molar refractivity (Wildman–Crippen MR) is 70.6 cm³/mol. The topological polar surface area (TPSA) is 30.5 Å². The first-order valence-electron chi connectivity index (χ1n) is 6.26. The molecule has 1 N–H and O–H groups in total. The zero-order chi connectivity index (χ0) is 13.4. The second kappa shape index (κ2) is 8.06. The van der Waals surface area contributed by atoms with Crippen molar-refractivity contribution in [2.24, 2.45) is 0 Å². The van der Waals surface area contributed by atoms with E-state index in [2.05, 4.69) is 5.32 Å². The lowest BCUT2D eigenvalue weighted by Crippen LogP contribution is -2.30. The highest BCUT2D eigenvalue weighted by Gasteiger charge is 2.07. The normalized spacial score (nSPS) is 12.4. The molecule has 102 valence electrons. The summed E-state index contributed by atoms with van der Waals surface area (Å²) in [4.78, 5) is 0. The van der Waals surface area contributed by atoms with Gasteiger partial charge in [-0.3, -0.25) is 0 Å². The molecule has 1 rings (SSSR count). The van der Waals surface area contributed by atoms with Gasteiger partial charge in [0.15, 0.2) is 0 Å². The lowest BCUT2D eigenvalue weighted by Gasteiger charge is -2.17. The van der Waals surface area contributed by atoms with Gasteiger partial charge in [0, 0.05) is 26.3 Å². The van der Waals surface area contributed by atoms with Crippen LogP contribution in [0.5, 0.6) is 5.75 Å². The fourth-order valence-electron chi connectivity index (χ4n) is 1.61. The van der Waals surface area contributed by atoms with Crippen molar-refractivity contribution in [1.29, 1.82) is 0 Å². The minimum atomic E-state index is -0.268. The maximum absolute atomic E-state index is 13.1. The molecule has 0 aliphatic carbocycles. The van der Waals surface area contributed by atoms with Gasteiger partial charge < -0.3 is 14.8 Å². The standard InChI is InChI=1S/C14H22FNO2/c1-11-5-6-13(15)9-14(11)18-12(2)10-16-7-4-8-17-3/h5-6,9,12,16H,4,7-8,10H2,1-3H3. The quantitative estimate of drug-likeness (QED) is 0.724. The van der Waals surface area contributed by atoms with Gasteiger partial charge in [-0.25, -0.2) is 4.39 Å². The Morgan fingerprint density at radius 3 is 2.89 bits per heavy atom. The van der Waals surface area contributed by atoms with Gasteiger partial charge in [-0.2, -0.15) is 0 Å². The van der Waals surface area contributed by atoms with Crippen LogP contribution in [0.4, 0.5) is 4.39 Å². The first-order chi connectivity index (χ1) is 8.63. The SMILES string of the molecule is COCCCNCC(C)Oc1cc(F)ccc1C. The number of methoxy groups -OCH3 is 1. The summed E-state index contributed by atoms with van der Waals surface area (Å²) < 4.78 is 23.7. The fraction of sp³-hybridized carbons (Fsp3) is 0.571. The van der Waals surface area contributed by atoms with Crippen LogP contribution in [0.1, 0.15) is 18.9 Å². The second-order valence-corrected chi connectivity index (χ2v) is 4.39. The van der Waals surface area contributed by atoms with E-state index in [0.717, 1.165) is 31.7 Å². The van der Waals surface area contributed by atoms with Crippen LogP contribution in [-0.2, 0) is 4.74 Å². The molecule has 0 spiro atoms. The largest absolute Gasteiger partial charge is 0.489 e. The maximum atomic E-state index is 13.1. The fourth-order valence-corrected chi connectivity index (χ4v) is 1.61. The van der Waals surface area contributed by atoms with Crippen molar-refractivity contribution in [2.75, 3.05) is 26.8 Å². The number of hydrogen-bond acceptors (Lipinski definition) is 3. The van der Waals surface area contributed by atoms with Crippen LogP contribution in [0.25, 0.3) is 0 Å². The summed E-state index contributed by atoms with van der Waals surface area (Å²) in [6.07, 6.45) is 0.982. The van der Waals surface area contributed by atoms with Gasteiger partial charge in [0.2, 0.25) is 0 Å². The molecule has 0 amide bonds. The van der Waals surface area contributed by atoms with Gasteiger partial charge in [-0.15, -0.1) is 0 Å². The van der Waals surface area contributed by atoms with Crippen molar-refractivity contribution in [3.63, 3.8) is 0 Å². The number of benzene rings is 1. The van der Waals surface area contributed by atoms with E-state index in [-0.39, 0.29) is 11.9 Å². The Morgan fingerprint density at radius 2 is 2.17 bits per heavy atom. The molecule has 0 aromatic heterocycles. The number of ether oxygens (including phenoxy) is 2. The second-order valence-electron chi connectivity index (χ2n) is 4.39. The zero-order valence-corrected chi connectivity index (χ0v) is 11.3. The van der Waals surface area contributed by atoms with Crippen LogP contribution in [0, 0.1) is 12.7 Å². The first kappa shape index (κ1) is 14.9. The Labute approximate surface area is 108 Å². The van der Waals surface area contributed by atoms with Crippen molar-refractivity contribution in [3.8, 4) is 5.75 Å². The summed E-state index contributed by atoms with van der Waals surface area (Å²) in [5, 5.41) is 3.28. The minimum Gasteiger partial charge on any atom is -0.489 e. The van der Waals surface area contributed by atoms with Gasteiger partial charge >= 0.3 is 0 Å². The van der Waals surface area contributed by atoms with Crippen LogP contribution in [0.15, 0.2) is 18.2 Å². The van der Waals surface area contributed by atoms with E-state index in [1.807, 2.05) is 13.8 Å². The molecule has 1 unspecified atom stereocenters. The third kappa shape index (κ3) is 5.47. The minimum absolute atomic E-state index is 0.00745. The van der Waals surface area contributed by atoms with Gasteiger partial charge in [0.05, 0.1) is 0 Å². The average Bonchev–Trinajstić information content (AvgIpc) is 2.33. The Balaban J connectivity index is 2.30. The Kier molecular flexibility index (Phi) is 6.68. The number of rotatable bonds is 8. The summed E-state index contributed by atoms with van der Waals surface area (Å²) in [6.45, 7) is 6.26. The van der Waals surface area contributed by atoms with Gasteiger partial charge in [-0.05, 0) is 38.4 Å². The number of nitrogens with one attached hydrogen (secondary N) is 1. The molecular weight excluding hydrogens is 233 g/mol. The number of hydrogen-bond donors (Lipinski definition) is 1. The lowest BCUT2D eigenvalue weighted by molar-refractivity contribution is 0.188. The first-order valence-corrected chi connectivity index (χ1v) is 6.26. The van der Waals surface area contributed by atoms with E-state index in [4.69, 9.17) is 9.47 Å². The van der Waals surface area contributed by atoms with Crippen molar-refractivity contribution in [1.82, 2.24) is 5.32 Å². The van der Waals surface area contributed by atoms with E-state index in [1.165, 1.54) is 12.1 Å². The molecule has 3 nitrogen and oxygen atoms in total. The average molecular weight is 255 g/mol. The molecule has 0 aliphatic rings. The van der Waals surface area contributed by atoms with Crippen LogP contribution < -0.4 is 10.1 Å². The molecule has 0 radical (unpaired) electrons. The third-order valence-electron chi connectivity index (χ3n) is 2.61. The molecule has 0 fully saturated rings. The highest BCUT2D eigenvalue weighted by Crippen LogP contribution is 2.19. The van der Waals surface area contributed by atoms with Crippen molar-refractivity contribution >= 4 is 0 Å². The highest BCUT2D eigenvalue weighted by atomic mass is 19.1. The molecule has 0 saturated carbocycles. The monoisotopic (exact) mass is 255 g/mol. The molecule has 0 saturated heterocycles. The smallest absolute Gasteiger partial charge is 0.126 e.